The standard InChI is InChI=1S/C23H15N3O3/c1-14-9-11-15(12-10-14)20-24-25-21(29-20)16-5-4-6-17(13-16)26-22(27)18-7-2-3-8-19(18)23(26)28/h2-13H,1H3. The molecule has 1 aromatic heterocycles. The van der Waals surface area contributed by atoms with Gasteiger partial charge in [-0.15, -0.1) is 10.2 Å². The maximum absolute atomic E-state index is 12.7. The highest BCUT2D eigenvalue weighted by Crippen LogP contribution is 2.31. The summed E-state index contributed by atoms with van der Waals surface area (Å²) in [6, 6.07) is 21.6. The van der Waals surface area contributed by atoms with Crippen LogP contribution in [0.5, 0.6) is 0 Å². The molecule has 0 spiro atoms. The number of carbonyl (C=O) groups is 2. The number of benzene rings is 3. The number of carbonyl (C=O) groups excluding carboxylic acids is 2. The van der Waals surface area contributed by atoms with Crippen LogP contribution in [-0.4, -0.2) is 22.0 Å². The Labute approximate surface area is 166 Å². The molecule has 0 N–H and O–H groups in total. The predicted octanol–water partition coefficient (Wildman–Crippen LogP) is 4.51. The molecule has 3 aromatic carbocycles. The molecule has 2 heterocycles. The average Bonchev–Trinajstić information content (AvgIpc) is 3.33. The number of nitrogens with zero attached hydrogens (tertiary/aromatic N) is 3. The van der Waals surface area contributed by atoms with Crippen LogP contribution in [0.1, 0.15) is 26.3 Å². The van der Waals surface area contributed by atoms with Gasteiger partial charge in [0.15, 0.2) is 0 Å². The van der Waals surface area contributed by atoms with Crippen LogP contribution < -0.4 is 4.90 Å². The molecule has 0 bridgehead atoms. The Hall–Kier alpha value is -4.06. The third-order valence-electron chi connectivity index (χ3n) is 4.87. The lowest BCUT2D eigenvalue weighted by Gasteiger charge is -2.14. The van der Waals surface area contributed by atoms with Gasteiger partial charge in [-0.2, -0.15) is 0 Å². The number of imide groups is 1. The van der Waals surface area contributed by atoms with Crippen molar-refractivity contribution in [2.24, 2.45) is 0 Å². The van der Waals surface area contributed by atoms with Crippen LogP contribution in [0, 0.1) is 6.92 Å². The molecule has 0 fully saturated rings. The normalized spacial score (nSPS) is 13.1. The minimum absolute atomic E-state index is 0.319. The second-order valence-electron chi connectivity index (χ2n) is 6.82. The van der Waals surface area contributed by atoms with Gasteiger partial charge in [0.2, 0.25) is 11.8 Å². The quantitative estimate of drug-likeness (QED) is 0.488. The second kappa shape index (κ2) is 6.53. The van der Waals surface area contributed by atoms with Gasteiger partial charge in [-0.1, -0.05) is 35.9 Å². The summed E-state index contributed by atoms with van der Waals surface area (Å²) < 4.78 is 5.82. The van der Waals surface area contributed by atoms with Crippen molar-refractivity contribution in [3.05, 3.63) is 89.5 Å². The summed E-state index contributed by atoms with van der Waals surface area (Å²) in [6.45, 7) is 2.01. The number of fused-ring (bicyclic) bond motifs is 1. The summed E-state index contributed by atoms with van der Waals surface area (Å²) in [5.41, 5.74) is 3.87. The van der Waals surface area contributed by atoms with Crippen molar-refractivity contribution in [2.45, 2.75) is 6.92 Å². The average molecular weight is 381 g/mol. The van der Waals surface area contributed by atoms with Gasteiger partial charge < -0.3 is 4.42 Å². The van der Waals surface area contributed by atoms with Crippen LogP contribution >= 0.6 is 0 Å². The molecule has 6 heteroatoms. The molecule has 6 nitrogen and oxygen atoms in total. The first kappa shape index (κ1) is 17.1. The zero-order valence-electron chi connectivity index (χ0n) is 15.5. The number of hydrogen-bond acceptors (Lipinski definition) is 5. The number of anilines is 1. The van der Waals surface area contributed by atoms with E-state index >= 15 is 0 Å². The monoisotopic (exact) mass is 381 g/mol. The molecule has 4 aromatic rings. The first-order chi connectivity index (χ1) is 14.1. The lowest BCUT2D eigenvalue weighted by atomic mass is 10.1. The Balaban J connectivity index is 1.49. The van der Waals surface area contributed by atoms with Gasteiger partial charge in [-0.25, -0.2) is 4.90 Å². The van der Waals surface area contributed by atoms with E-state index in [1.807, 2.05) is 31.2 Å². The van der Waals surface area contributed by atoms with E-state index in [4.69, 9.17) is 4.42 Å². The molecule has 29 heavy (non-hydrogen) atoms. The molecule has 1 aliphatic rings. The largest absolute Gasteiger partial charge is 0.416 e. The highest BCUT2D eigenvalue weighted by molar-refractivity contribution is 6.34. The molecule has 2 amide bonds. The van der Waals surface area contributed by atoms with Crippen molar-refractivity contribution in [2.75, 3.05) is 4.90 Å². The van der Waals surface area contributed by atoms with Gasteiger partial charge in [0, 0.05) is 11.1 Å². The van der Waals surface area contributed by atoms with Gasteiger partial charge in [-0.3, -0.25) is 9.59 Å². The van der Waals surface area contributed by atoms with E-state index in [2.05, 4.69) is 10.2 Å². The molecule has 5 rings (SSSR count). The molecule has 0 unspecified atom stereocenters. The van der Waals surface area contributed by atoms with E-state index < -0.39 is 0 Å². The Kier molecular flexibility index (Phi) is 3.84. The summed E-state index contributed by atoms with van der Waals surface area (Å²) in [6.07, 6.45) is 0. The van der Waals surface area contributed by atoms with Gasteiger partial charge >= 0.3 is 0 Å². The third kappa shape index (κ3) is 2.82. The van der Waals surface area contributed by atoms with E-state index in [9.17, 15) is 9.59 Å². The second-order valence-corrected chi connectivity index (χ2v) is 6.82. The van der Waals surface area contributed by atoms with Crippen LogP contribution in [0.15, 0.2) is 77.2 Å². The lowest BCUT2D eigenvalue weighted by Crippen LogP contribution is -2.29. The summed E-state index contributed by atoms with van der Waals surface area (Å²) in [5.74, 6) is 0.0485. The van der Waals surface area contributed by atoms with E-state index in [1.54, 1.807) is 48.5 Å². The van der Waals surface area contributed by atoms with Crippen LogP contribution in [0.3, 0.4) is 0 Å². The molecule has 140 valence electrons. The Morgan fingerprint density at radius 2 is 1.34 bits per heavy atom. The van der Waals surface area contributed by atoms with Crippen molar-refractivity contribution in [3.63, 3.8) is 0 Å². The number of amides is 2. The van der Waals surface area contributed by atoms with Crippen molar-refractivity contribution in [3.8, 4) is 22.9 Å². The predicted molar refractivity (Wildman–Crippen MR) is 107 cm³/mol. The van der Waals surface area contributed by atoms with E-state index in [-0.39, 0.29) is 11.8 Å². The third-order valence-corrected chi connectivity index (χ3v) is 4.87. The Bertz CT molecular complexity index is 1220. The zero-order chi connectivity index (χ0) is 20.0. The molecule has 0 radical (unpaired) electrons. The maximum Gasteiger partial charge on any atom is 0.266 e. The van der Waals surface area contributed by atoms with Crippen molar-refractivity contribution in [1.29, 1.82) is 0 Å². The molecule has 0 saturated carbocycles. The smallest absolute Gasteiger partial charge is 0.266 e. The molecule has 0 saturated heterocycles. The molecular weight excluding hydrogens is 366 g/mol. The van der Waals surface area contributed by atoms with E-state index in [1.165, 1.54) is 4.90 Å². The molecule has 0 atom stereocenters. The summed E-state index contributed by atoms with van der Waals surface area (Å²) in [4.78, 5) is 26.6. The fourth-order valence-electron chi connectivity index (χ4n) is 3.35. The number of hydrogen-bond donors (Lipinski definition) is 0. The summed E-state index contributed by atoms with van der Waals surface area (Å²) in [5, 5.41) is 8.24. The van der Waals surface area contributed by atoms with Gasteiger partial charge in [0.05, 0.1) is 16.8 Å². The zero-order valence-corrected chi connectivity index (χ0v) is 15.5. The minimum atomic E-state index is -0.339. The Morgan fingerprint density at radius 3 is 2.00 bits per heavy atom. The van der Waals surface area contributed by atoms with E-state index in [0.717, 1.165) is 11.1 Å². The van der Waals surface area contributed by atoms with Crippen LogP contribution in [0.25, 0.3) is 22.9 Å². The lowest BCUT2D eigenvalue weighted by molar-refractivity contribution is 0.0926. The molecule has 1 aliphatic heterocycles. The first-order valence-corrected chi connectivity index (χ1v) is 9.10. The van der Waals surface area contributed by atoms with Crippen molar-refractivity contribution in [1.82, 2.24) is 10.2 Å². The van der Waals surface area contributed by atoms with E-state index in [0.29, 0.717) is 34.2 Å². The molecular formula is C23H15N3O3. The maximum atomic E-state index is 12.7. The van der Waals surface area contributed by atoms with Crippen LogP contribution in [0.2, 0.25) is 0 Å². The van der Waals surface area contributed by atoms with Crippen molar-refractivity contribution < 1.29 is 14.0 Å². The number of rotatable bonds is 3. The molecule has 0 aliphatic carbocycles. The highest BCUT2D eigenvalue weighted by atomic mass is 16.4. The van der Waals surface area contributed by atoms with Gasteiger partial charge in [-0.05, 0) is 49.4 Å². The van der Waals surface area contributed by atoms with Crippen LogP contribution in [0.4, 0.5) is 5.69 Å². The first-order valence-electron chi connectivity index (χ1n) is 9.10. The SMILES string of the molecule is Cc1ccc(-c2nnc(-c3cccc(N4C(=O)c5ccccc5C4=O)c3)o2)cc1. The topological polar surface area (TPSA) is 76.3 Å². The highest BCUT2D eigenvalue weighted by Gasteiger charge is 2.36. The van der Waals surface area contributed by atoms with Gasteiger partial charge in [0.25, 0.3) is 11.8 Å². The number of aryl methyl sites for hydroxylation is 1. The minimum Gasteiger partial charge on any atom is -0.416 e. The van der Waals surface area contributed by atoms with Crippen LogP contribution in [-0.2, 0) is 0 Å². The number of aromatic nitrogens is 2. The fraction of sp³-hybridized carbons (Fsp3) is 0.0435. The fourth-order valence-corrected chi connectivity index (χ4v) is 3.35. The van der Waals surface area contributed by atoms with Crippen molar-refractivity contribution >= 4 is 17.5 Å². The summed E-state index contributed by atoms with van der Waals surface area (Å²) in [7, 11) is 0. The summed E-state index contributed by atoms with van der Waals surface area (Å²) >= 11 is 0. The Morgan fingerprint density at radius 1 is 0.724 bits per heavy atom. The van der Waals surface area contributed by atoms with Gasteiger partial charge in [0.1, 0.15) is 0 Å².